The van der Waals surface area contributed by atoms with E-state index in [1.807, 2.05) is 0 Å². The molecule has 27 heavy (non-hydrogen) atoms. The minimum Gasteiger partial charge on any atom is -0.292 e. The van der Waals surface area contributed by atoms with E-state index in [0.717, 1.165) is 22.9 Å². The van der Waals surface area contributed by atoms with Crippen molar-refractivity contribution < 1.29 is 21.4 Å². The van der Waals surface area contributed by atoms with Gasteiger partial charge in [-0.25, -0.2) is 3.07 Å². The molecule has 0 unspecified atom stereocenters. The van der Waals surface area contributed by atoms with Crippen molar-refractivity contribution in [3.05, 3.63) is 54.2 Å². The first kappa shape index (κ1) is 17.9. The molecule has 0 saturated carbocycles. The van der Waals surface area contributed by atoms with Crippen LogP contribution in [-0.4, -0.2) is 19.6 Å². The Labute approximate surface area is 161 Å². The number of hydrogen-bond acceptors (Lipinski definition) is 3. The Morgan fingerprint density at radius 1 is 1.11 bits per heavy atom. The zero-order valence-corrected chi connectivity index (χ0v) is 15.9. The molecule has 2 heterocycles. The fraction of sp³-hybridized carbons (Fsp3) is 0.118. The summed E-state index contributed by atoms with van der Waals surface area (Å²) in [5.74, 6) is 0. The first-order chi connectivity index (χ1) is 12.8. The number of anilines is 1. The van der Waals surface area contributed by atoms with Crippen molar-refractivity contribution in [3.8, 4) is 5.69 Å². The molecule has 0 fully saturated rings. The average molecular weight is 488 g/mol. The van der Waals surface area contributed by atoms with Gasteiger partial charge in [0.2, 0.25) is 0 Å². The van der Waals surface area contributed by atoms with Crippen LogP contribution in [0.1, 0.15) is 5.56 Å². The lowest BCUT2D eigenvalue weighted by atomic mass is 10.2. The third-order valence-electron chi connectivity index (χ3n) is 4.26. The van der Waals surface area contributed by atoms with Gasteiger partial charge >= 0.3 is 6.18 Å². The Morgan fingerprint density at radius 2 is 1.81 bits per heavy atom. The van der Waals surface area contributed by atoms with Crippen LogP contribution in [0.15, 0.2) is 48.7 Å². The van der Waals surface area contributed by atoms with Gasteiger partial charge in [-0.1, -0.05) is 0 Å². The second-order valence-electron chi connectivity index (χ2n) is 5.95. The van der Waals surface area contributed by atoms with Crippen LogP contribution in [0.5, 0.6) is 0 Å². The lowest BCUT2D eigenvalue weighted by Crippen LogP contribution is -2.05. The smallest absolute Gasteiger partial charge is 0.292 e. The van der Waals surface area contributed by atoms with Crippen molar-refractivity contribution in [2.24, 2.45) is 7.05 Å². The monoisotopic (exact) mass is 488 g/mol. The van der Waals surface area contributed by atoms with Crippen LogP contribution in [0.3, 0.4) is 0 Å². The fourth-order valence-electron chi connectivity index (χ4n) is 3.10. The molecule has 0 bridgehead atoms. The number of fused-ring (bicyclic) bond motifs is 3. The molecule has 6 nitrogen and oxygen atoms in total. The molecule has 4 aromatic rings. The number of halogens is 4. The van der Waals surface area contributed by atoms with Crippen LogP contribution in [0.2, 0.25) is 0 Å². The first-order valence-corrected chi connectivity index (χ1v) is 9.56. The summed E-state index contributed by atoms with van der Waals surface area (Å²) in [6, 6.07) is 9.84. The normalized spacial score (nSPS) is 12.2. The van der Waals surface area contributed by atoms with Gasteiger partial charge in [-0.15, -0.1) is 0 Å². The van der Waals surface area contributed by atoms with Crippen molar-refractivity contribution in [2.45, 2.75) is 6.18 Å². The van der Waals surface area contributed by atoms with E-state index in [9.17, 15) is 21.4 Å². The Hall–Kier alpha value is -2.47. The largest absolute Gasteiger partial charge is 0.416 e. The number of benzene rings is 2. The van der Waals surface area contributed by atoms with Gasteiger partial charge in [0.25, 0.3) is 21.5 Å². The van der Waals surface area contributed by atoms with Crippen molar-refractivity contribution >= 4 is 49.1 Å². The van der Waals surface area contributed by atoms with Gasteiger partial charge in [-0.05, 0) is 42.5 Å². The quantitative estimate of drug-likeness (QED) is 0.252. The Balaban J connectivity index is 1.97. The maximum atomic E-state index is 12.9. The summed E-state index contributed by atoms with van der Waals surface area (Å²) >= 11 is -1.78. The van der Waals surface area contributed by atoms with Crippen LogP contribution in [-0.2, 0) is 16.3 Å². The van der Waals surface area contributed by atoms with Crippen LogP contribution in [0, 0.1) is 0 Å². The molecule has 0 radical (unpaired) electrons. The van der Waals surface area contributed by atoms with E-state index >= 15 is 0 Å². The lowest BCUT2D eigenvalue weighted by molar-refractivity contribution is -0.137. The lowest BCUT2D eigenvalue weighted by Gasteiger charge is -2.11. The summed E-state index contributed by atoms with van der Waals surface area (Å²) < 4.78 is 53.6. The van der Waals surface area contributed by atoms with E-state index in [4.69, 9.17) is 0 Å². The molecular formula is C17H12F3IN4O2. The second-order valence-corrected chi connectivity index (χ2v) is 7.26. The number of nitrogens with zero attached hydrogens (tertiary/aromatic N) is 4. The Bertz CT molecular complexity index is 1170. The van der Waals surface area contributed by atoms with Gasteiger partial charge in [0.1, 0.15) is 0 Å². The van der Waals surface area contributed by atoms with Gasteiger partial charge in [0, 0.05) is 29.7 Å². The van der Waals surface area contributed by atoms with E-state index in [1.165, 1.54) is 12.1 Å². The van der Waals surface area contributed by atoms with E-state index in [2.05, 4.69) is 5.10 Å². The Kier molecular flexibility index (Phi) is 4.18. The Morgan fingerprint density at radius 3 is 2.44 bits per heavy atom. The highest BCUT2D eigenvalue weighted by molar-refractivity contribution is 14.1. The van der Waals surface area contributed by atoms with Crippen LogP contribution >= 0.6 is 21.5 Å². The minimum atomic E-state index is -4.40. The topological polar surface area (TPSA) is 63.3 Å². The van der Waals surface area contributed by atoms with Crippen LogP contribution < -0.4 is 3.28 Å². The molecule has 0 aliphatic carbocycles. The molecule has 0 atom stereocenters. The second kappa shape index (κ2) is 6.30. The molecule has 4 rings (SSSR count). The molecule has 0 amide bonds. The van der Waals surface area contributed by atoms with Crippen LogP contribution in [0.25, 0.3) is 27.6 Å². The first-order valence-electron chi connectivity index (χ1n) is 7.71. The summed E-state index contributed by atoms with van der Waals surface area (Å²) in [6.07, 6.45) is -2.62. The van der Waals surface area contributed by atoms with Gasteiger partial charge in [0.15, 0.2) is 5.65 Å². The van der Waals surface area contributed by atoms with E-state index in [0.29, 0.717) is 25.8 Å². The molecule has 0 spiro atoms. The van der Waals surface area contributed by atoms with E-state index in [-0.39, 0.29) is 0 Å². The van der Waals surface area contributed by atoms with E-state index in [1.54, 1.807) is 40.7 Å². The summed E-state index contributed by atoms with van der Waals surface area (Å²) in [6.45, 7) is 0. The molecule has 1 N–H and O–H groups in total. The van der Waals surface area contributed by atoms with Gasteiger partial charge in [-0.3, -0.25) is 14.5 Å². The van der Waals surface area contributed by atoms with Crippen LogP contribution in [0.4, 0.5) is 18.9 Å². The number of rotatable bonds is 3. The predicted molar refractivity (Wildman–Crippen MR) is 102 cm³/mol. The maximum Gasteiger partial charge on any atom is 0.416 e. The van der Waals surface area contributed by atoms with Crippen molar-refractivity contribution in [1.82, 2.24) is 14.3 Å². The molecule has 0 aliphatic rings. The van der Waals surface area contributed by atoms with Crippen molar-refractivity contribution in [1.29, 1.82) is 0 Å². The standard InChI is InChI=1S/C17H12F3IN4O2/c1-23-9-14-13-8-12(25(27)21-26)6-7-15(13)24(16(14)22-23)11-4-2-10(3-5-11)17(18,19)20/h2-9,27H,1H3. The zero-order chi connectivity index (χ0) is 19.3. The highest BCUT2D eigenvalue weighted by atomic mass is 127. The summed E-state index contributed by atoms with van der Waals surface area (Å²) in [5, 5.41) is 15.7. The van der Waals surface area contributed by atoms with Gasteiger partial charge < -0.3 is 0 Å². The zero-order valence-electron chi connectivity index (χ0n) is 13.8. The summed E-state index contributed by atoms with van der Waals surface area (Å²) in [5.41, 5.74) is 1.48. The predicted octanol–water partition coefficient (Wildman–Crippen LogP) is 4.96. The van der Waals surface area contributed by atoms with Gasteiger partial charge in [0.05, 0.1) is 16.8 Å². The van der Waals surface area contributed by atoms with Gasteiger partial charge in [-0.2, -0.15) is 21.5 Å². The molecule has 0 aliphatic heterocycles. The molecule has 0 saturated heterocycles. The molecule has 2 aromatic carbocycles. The average Bonchev–Trinajstić information content (AvgIpc) is 3.14. The number of aryl methyl sites for hydroxylation is 1. The SMILES string of the molecule is Cn1cc2c3cc(N(O)I=O)ccc3n(-c3ccc(C(F)(F)F)cc3)c2n1. The number of aromatic nitrogens is 3. The van der Waals surface area contributed by atoms with Crippen molar-refractivity contribution in [2.75, 3.05) is 3.28 Å². The molecular weight excluding hydrogens is 476 g/mol. The summed E-state index contributed by atoms with van der Waals surface area (Å²) in [4.78, 5) is 0. The summed E-state index contributed by atoms with van der Waals surface area (Å²) in [7, 11) is 1.74. The molecule has 2 aromatic heterocycles. The van der Waals surface area contributed by atoms with Crippen molar-refractivity contribution in [3.63, 3.8) is 0 Å². The molecule has 140 valence electrons. The minimum absolute atomic E-state index is 0.376. The third kappa shape index (κ3) is 2.98. The number of alkyl halides is 3. The highest BCUT2D eigenvalue weighted by Gasteiger charge is 2.30. The number of hydrogen-bond donors (Lipinski definition) is 1. The van der Waals surface area contributed by atoms with E-state index < -0.39 is 33.2 Å². The fourth-order valence-corrected chi connectivity index (χ4v) is 3.62. The maximum absolute atomic E-state index is 12.9. The highest BCUT2D eigenvalue weighted by Crippen LogP contribution is 2.35. The third-order valence-corrected chi connectivity index (χ3v) is 5.19. The molecule has 10 heteroatoms.